The van der Waals surface area contributed by atoms with E-state index in [0.717, 1.165) is 42.0 Å². The van der Waals surface area contributed by atoms with Crippen molar-refractivity contribution in [3.8, 4) is 11.3 Å². The van der Waals surface area contributed by atoms with Crippen molar-refractivity contribution in [1.29, 1.82) is 0 Å². The number of nitrogens with one attached hydrogen (secondary N) is 1. The Labute approximate surface area is 119 Å². The molecule has 0 radical (unpaired) electrons. The van der Waals surface area contributed by atoms with Crippen LogP contribution in [0.4, 0.5) is 10.2 Å². The number of hydrogen-bond acceptors (Lipinski definition) is 3. The second-order valence-corrected chi connectivity index (χ2v) is 4.79. The topological polar surface area (TPSA) is 37.8 Å². The van der Waals surface area contributed by atoms with E-state index in [1.807, 2.05) is 6.07 Å². The minimum Gasteiger partial charge on any atom is -0.370 e. The molecule has 1 aromatic heterocycles. The number of aryl methyl sites for hydroxylation is 1. The quantitative estimate of drug-likeness (QED) is 0.895. The second kappa shape index (κ2) is 6.46. The van der Waals surface area contributed by atoms with E-state index in [2.05, 4.69) is 29.1 Å². The number of benzene rings is 1. The third-order valence-corrected chi connectivity index (χ3v) is 3.27. The van der Waals surface area contributed by atoms with Gasteiger partial charge in [0.05, 0.1) is 5.69 Å². The molecule has 1 N–H and O–H groups in total. The van der Waals surface area contributed by atoms with Gasteiger partial charge in [-0.15, -0.1) is 0 Å². The summed E-state index contributed by atoms with van der Waals surface area (Å²) in [6.07, 6.45) is 3.43. The molecule has 106 valence electrons. The van der Waals surface area contributed by atoms with Crippen LogP contribution in [0, 0.1) is 12.7 Å². The fraction of sp³-hybridized carbons (Fsp3) is 0.375. The van der Waals surface area contributed by atoms with Gasteiger partial charge in [-0.2, -0.15) is 0 Å². The number of hydrogen-bond donors (Lipinski definition) is 1. The molecular weight excluding hydrogens is 253 g/mol. The molecule has 1 heterocycles. The predicted molar refractivity (Wildman–Crippen MR) is 80.3 cm³/mol. The van der Waals surface area contributed by atoms with Crippen LogP contribution in [0.15, 0.2) is 24.5 Å². The smallest absolute Gasteiger partial charge is 0.133 e. The van der Waals surface area contributed by atoms with Crippen LogP contribution in [0.25, 0.3) is 11.3 Å². The SMILES string of the molecule is CCCNc1ncnc(-c2ccc(F)c(C)c2)c1CC. The van der Waals surface area contributed by atoms with Gasteiger partial charge in [-0.05, 0) is 43.5 Å². The molecule has 0 saturated heterocycles. The number of halogens is 1. The van der Waals surface area contributed by atoms with E-state index < -0.39 is 0 Å². The van der Waals surface area contributed by atoms with Crippen LogP contribution in [0.2, 0.25) is 0 Å². The predicted octanol–water partition coefficient (Wildman–Crippen LogP) is 3.98. The summed E-state index contributed by atoms with van der Waals surface area (Å²) in [5.41, 5.74) is 3.52. The van der Waals surface area contributed by atoms with Gasteiger partial charge in [0, 0.05) is 17.7 Å². The molecule has 0 aliphatic carbocycles. The highest BCUT2D eigenvalue weighted by Gasteiger charge is 2.12. The summed E-state index contributed by atoms with van der Waals surface area (Å²) in [5.74, 6) is 0.687. The van der Waals surface area contributed by atoms with Gasteiger partial charge in [0.2, 0.25) is 0 Å². The fourth-order valence-corrected chi connectivity index (χ4v) is 2.18. The molecule has 2 rings (SSSR count). The van der Waals surface area contributed by atoms with Crippen LogP contribution in [0.5, 0.6) is 0 Å². The van der Waals surface area contributed by atoms with E-state index in [4.69, 9.17) is 0 Å². The summed E-state index contributed by atoms with van der Waals surface area (Å²) >= 11 is 0. The lowest BCUT2D eigenvalue weighted by Crippen LogP contribution is -2.07. The molecule has 0 bridgehead atoms. The molecule has 0 spiro atoms. The summed E-state index contributed by atoms with van der Waals surface area (Å²) in [7, 11) is 0. The minimum atomic E-state index is -0.190. The van der Waals surface area contributed by atoms with Crippen molar-refractivity contribution in [2.75, 3.05) is 11.9 Å². The summed E-state index contributed by atoms with van der Waals surface area (Å²) in [4.78, 5) is 8.70. The minimum absolute atomic E-state index is 0.190. The molecule has 0 saturated carbocycles. The Morgan fingerprint density at radius 2 is 2.00 bits per heavy atom. The molecule has 20 heavy (non-hydrogen) atoms. The highest BCUT2D eigenvalue weighted by atomic mass is 19.1. The Hall–Kier alpha value is -1.97. The molecule has 2 aromatic rings. The number of nitrogens with zero attached hydrogens (tertiary/aromatic N) is 2. The van der Waals surface area contributed by atoms with Crippen LogP contribution in [0.3, 0.4) is 0 Å². The standard InChI is InChI=1S/C16H20FN3/c1-4-8-18-16-13(5-2)15(19-10-20-16)12-6-7-14(17)11(3)9-12/h6-7,9-10H,4-5,8H2,1-3H3,(H,18,19,20). The fourth-order valence-electron chi connectivity index (χ4n) is 2.18. The van der Waals surface area contributed by atoms with Crippen molar-refractivity contribution >= 4 is 5.82 Å². The third-order valence-electron chi connectivity index (χ3n) is 3.27. The number of anilines is 1. The Balaban J connectivity index is 2.47. The maximum absolute atomic E-state index is 13.4. The van der Waals surface area contributed by atoms with Gasteiger partial charge in [-0.1, -0.05) is 13.8 Å². The van der Waals surface area contributed by atoms with Crippen molar-refractivity contribution in [2.45, 2.75) is 33.6 Å². The van der Waals surface area contributed by atoms with Crippen molar-refractivity contribution in [3.63, 3.8) is 0 Å². The highest BCUT2D eigenvalue weighted by molar-refractivity contribution is 5.68. The summed E-state index contributed by atoms with van der Waals surface area (Å²) in [5, 5.41) is 3.32. The first-order valence-electron chi connectivity index (χ1n) is 7.01. The van der Waals surface area contributed by atoms with Crippen molar-refractivity contribution in [2.24, 2.45) is 0 Å². The number of aromatic nitrogens is 2. The van der Waals surface area contributed by atoms with Crippen LogP contribution in [0.1, 0.15) is 31.4 Å². The third kappa shape index (κ3) is 2.95. The molecule has 3 nitrogen and oxygen atoms in total. The zero-order valence-corrected chi connectivity index (χ0v) is 12.2. The summed E-state index contributed by atoms with van der Waals surface area (Å²) < 4.78 is 13.4. The first kappa shape index (κ1) is 14.4. The van der Waals surface area contributed by atoms with Crippen LogP contribution >= 0.6 is 0 Å². The van der Waals surface area contributed by atoms with Crippen LogP contribution < -0.4 is 5.32 Å². The Morgan fingerprint density at radius 3 is 2.65 bits per heavy atom. The van der Waals surface area contributed by atoms with Crippen molar-refractivity contribution < 1.29 is 4.39 Å². The zero-order chi connectivity index (χ0) is 14.5. The lowest BCUT2D eigenvalue weighted by Gasteiger charge is -2.13. The van der Waals surface area contributed by atoms with E-state index in [-0.39, 0.29) is 5.82 Å². The van der Waals surface area contributed by atoms with E-state index in [1.165, 1.54) is 6.07 Å². The Bertz CT molecular complexity index is 596. The summed E-state index contributed by atoms with van der Waals surface area (Å²) in [6.45, 7) is 6.84. The molecule has 0 aliphatic heterocycles. The van der Waals surface area contributed by atoms with Gasteiger partial charge in [-0.25, -0.2) is 14.4 Å². The van der Waals surface area contributed by atoms with Crippen molar-refractivity contribution in [1.82, 2.24) is 9.97 Å². The van der Waals surface area contributed by atoms with Crippen molar-refractivity contribution in [3.05, 3.63) is 41.5 Å². The monoisotopic (exact) mass is 273 g/mol. The van der Waals surface area contributed by atoms with Gasteiger partial charge in [0.15, 0.2) is 0 Å². The molecule has 1 aromatic carbocycles. The van der Waals surface area contributed by atoms with Crippen LogP contribution in [-0.2, 0) is 6.42 Å². The number of rotatable bonds is 5. The zero-order valence-electron chi connectivity index (χ0n) is 12.2. The van der Waals surface area contributed by atoms with Gasteiger partial charge in [-0.3, -0.25) is 0 Å². The first-order valence-corrected chi connectivity index (χ1v) is 7.01. The van der Waals surface area contributed by atoms with E-state index >= 15 is 0 Å². The Kier molecular flexibility index (Phi) is 4.66. The van der Waals surface area contributed by atoms with Gasteiger partial charge < -0.3 is 5.32 Å². The molecule has 0 amide bonds. The molecule has 4 heteroatoms. The van der Waals surface area contributed by atoms with E-state index in [9.17, 15) is 4.39 Å². The normalized spacial score (nSPS) is 10.6. The molecular formula is C16H20FN3. The maximum Gasteiger partial charge on any atom is 0.133 e. The van der Waals surface area contributed by atoms with Crippen LogP contribution in [-0.4, -0.2) is 16.5 Å². The largest absolute Gasteiger partial charge is 0.370 e. The lowest BCUT2D eigenvalue weighted by atomic mass is 10.0. The van der Waals surface area contributed by atoms with Gasteiger partial charge in [0.1, 0.15) is 18.0 Å². The van der Waals surface area contributed by atoms with E-state index in [1.54, 1.807) is 19.3 Å². The van der Waals surface area contributed by atoms with Gasteiger partial charge in [0.25, 0.3) is 0 Å². The van der Waals surface area contributed by atoms with E-state index in [0.29, 0.717) is 5.56 Å². The Morgan fingerprint density at radius 1 is 1.20 bits per heavy atom. The molecule has 0 unspecified atom stereocenters. The lowest BCUT2D eigenvalue weighted by molar-refractivity contribution is 0.618. The molecule has 0 fully saturated rings. The molecule has 0 aliphatic rings. The van der Waals surface area contributed by atoms with Gasteiger partial charge >= 0.3 is 0 Å². The first-order chi connectivity index (χ1) is 9.67. The molecule has 0 atom stereocenters. The maximum atomic E-state index is 13.4. The highest BCUT2D eigenvalue weighted by Crippen LogP contribution is 2.27. The second-order valence-electron chi connectivity index (χ2n) is 4.79. The average Bonchev–Trinajstić information content (AvgIpc) is 2.47. The summed E-state index contributed by atoms with van der Waals surface area (Å²) in [6, 6.07) is 5.10. The average molecular weight is 273 g/mol.